The number of nitrogens with one attached hydrogen (secondary N) is 1. The van der Waals surface area contributed by atoms with E-state index in [2.05, 4.69) is 10.2 Å². The van der Waals surface area contributed by atoms with E-state index in [1.54, 1.807) is 12.1 Å². The monoisotopic (exact) mass is 263 g/mol. The minimum Gasteiger partial charge on any atom is -0.371 e. The third kappa shape index (κ3) is 3.44. The van der Waals surface area contributed by atoms with Crippen LogP contribution in [0.1, 0.15) is 24.8 Å². The summed E-state index contributed by atoms with van der Waals surface area (Å²) in [6, 6.07) is 5.76. The Kier molecular flexibility index (Phi) is 4.37. The number of benzene rings is 1. The molecular weight excluding hydrogens is 242 g/mol. The van der Waals surface area contributed by atoms with Crippen LogP contribution in [0.5, 0.6) is 0 Å². The lowest BCUT2D eigenvalue weighted by Gasteiger charge is -2.29. The van der Waals surface area contributed by atoms with Crippen LogP contribution in [-0.4, -0.2) is 31.1 Å². The van der Waals surface area contributed by atoms with Gasteiger partial charge in [0.25, 0.3) is 5.69 Å². The number of nitrogens with zero attached hydrogens (tertiary/aromatic N) is 2. The molecule has 0 spiro atoms. The van der Waals surface area contributed by atoms with Gasteiger partial charge in [-0.05, 0) is 50.9 Å². The Morgan fingerprint density at radius 1 is 1.32 bits per heavy atom. The summed E-state index contributed by atoms with van der Waals surface area (Å²) in [5.74, 6) is 0. The van der Waals surface area contributed by atoms with E-state index in [4.69, 9.17) is 0 Å². The third-order valence-electron chi connectivity index (χ3n) is 3.76. The normalized spacial score (nSPS) is 19.8. The van der Waals surface area contributed by atoms with Crippen molar-refractivity contribution >= 4 is 11.4 Å². The van der Waals surface area contributed by atoms with Crippen molar-refractivity contribution in [1.82, 2.24) is 5.32 Å². The zero-order valence-corrected chi connectivity index (χ0v) is 11.6. The molecule has 0 aromatic heterocycles. The van der Waals surface area contributed by atoms with Crippen LogP contribution in [0, 0.1) is 17.0 Å². The van der Waals surface area contributed by atoms with Gasteiger partial charge in [-0.2, -0.15) is 0 Å². The fourth-order valence-electron chi connectivity index (χ4n) is 2.65. The molecule has 0 bridgehead atoms. The molecule has 1 aromatic carbocycles. The van der Waals surface area contributed by atoms with E-state index in [1.807, 2.05) is 20.0 Å². The third-order valence-corrected chi connectivity index (χ3v) is 3.76. The molecule has 0 radical (unpaired) electrons. The van der Waals surface area contributed by atoms with Crippen LogP contribution in [0.4, 0.5) is 11.4 Å². The molecule has 1 aliphatic heterocycles. The lowest BCUT2D eigenvalue weighted by molar-refractivity contribution is -0.384. The molecule has 0 amide bonds. The molecule has 104 valence electrons. The number of rotatable bonds is 3. The predicted molar refractivity (Wildman–Crippen MR) is 76.7 cm³/mol. The maximum atomic E-state index is 10.9. The second-order valence-corrected chi connectivity index (χ2v) is 5.23. The Morgan fingerprint density at radius 3 is 2.84 bits per heavy atom. The van der Waals surface area contributed by atoms with E-state index < -0.39 is 0 Å². The highest BCUT2D eigenvalue weighted by atomic mass is 16.6. The quantitative estimate of drug-likeness (QED) is 0.672. The van der Waals surface area contributed by atoms with Crippen LogP contribution < -0.4 is 10.2 Å². The van der Waals surface area contributed by atoms with E-state index in [0.29, 0.717) is 6.04 Å². The predicted octanol–water partition coefficient (Wildman–Crippen LogP) is 2.48. The minimum atomic E-state index is -0.320. The highest BCUT2D eigenvalue weighted by molar-refractivity contribution is 5.55. The van der Waals surface area contributed by atoms with Gasteiger partial charge < -0.3 is 10.2 Å². The first-order chi connectivity index (χ1) is 9.08. The van der Waals surface area contributed by atoms with Gasteiger partial charge in [0.2, 0.25) is 0 Å². The zero-order valence-electron chi connectivity index (χ0n) is 11.6. The first-order valence-corrected chi connectivity index (χ1v) is 6.77. The topological polar surface area (TPSA) is 58.4 Å². The molecule has 1 aliphatic rings. The number of anilines is 1. The minimum absolute atomic E-state index is 0.175. The first kappa shape index (κ1) is 13.8. The second-order valence-electron chi connectivity index (χ2n) is 5.23. The molecule has 2 rings (SSSR count). The smallest absolute Gasteiger partial charge is 0.271 e. The lowest BCUT2D eigenvalue weighted by atomic mass is 10.1. The standard InChI is InChI=1S/C14H21N3O2/c1-11-8-13(10-14(9-11)17(18)19)16(2)12-4-3-6-15-7-5-12/h8-10,12,15H,3-7H2,1-2H3. The molecule has 0 saturated carbocycles. The molecule has 5 nitrogen and oxygen atoms in total. The van der Waals surface area contributed by atoms with Crippen LogP contribution in [0.25, 0.3) is 0 Å². The molecule has 5 heteroatoms. The van der Waals surface area contributed by atoms with E-state index in [9.17, 15) is 10.1 Å². The van der Waals surface area contributed by atoms with Gasteiger partial charge in [0.15, 0.2) is 0 Å². The molecule has 1 N–H and O–H groups in total. The summed E-state index contributed by atoms with van der Waals surface area (Å²) < 4.78 is 0. The molecule has 1 atom stereocenters. The maximum absolute atomic E-state index is 10.9. The molecule has 19 heavy (non-hydrogen) atoms. The number of nitro groups is 1. The Bertz CT molecular complexity index is 454. The molecule has 1 unspecified atom stereocenters. The number of hydrogen-bond donors (Lipinski definition) is 1. The Labute approximate surface area is 113 Å². The zero-order chi connectivity index (χ0) is 13.8. The summed E-state index contributed by atoms with van der Waals surface area (Å²) >= 11 is 0. The second kappa shape index (κ2) is 6.02. The van der Waals surface area contributed by atoms with Gasteiger partial charge in [-0.15, -0.1) is 0 Å². The Morgan fingerprint density at radius 2 is 2.11 bits per heavy atom. The van der Waals surface area contributed by atoms with Crippen molar-refractivity contribution in [3.8, 4) is 0 Å². The summed E-state index contributed by atoms with van der Waals surface area (Å²) in [5, 5.41) is 14.3. The highest BCUT2D eigenvalue weighted by Gasteiger charge is 2.19. The van der Waals surface area contributed by atoms with Crippen LogP contribution in [0.15, 0.2) is 18.2 Å². The summed E-state index contributed by atoms with van der Waals surface area (Å²) in [6.07, 6.45) is 3.37. The molecular formula is C14H21N3O2. The Balaban J connectivity index is 2.21. The summed E-state index contributed by atoms with van der Waals surface area (Å²) in [4.78, 5) is 12.8. The summed E-state index contributed by atoms with van der Waals surface area (Å²) in [6.45, 7) is 3.99. The average molecular weight is 263 g/mol. The van der Waals surface area contributed by atoms with Gasteiger partial charge in [-0.1, -0.05) is 0 Å². The SMILES string of the molecule is Cc1cc(N(C)C2CCCNCC2)cc([N+](=O)[O-])c1. The average Bonchev–Trinajstić information content (AvgIpc) is 2.65. The summed E-state index contributed by atoms with van der Waals surface area (Å²) in [5.41, 5.74) is 2.05. The molecule has 1 aromatic rings. The van der Waals surface area contributed by atoms with Gasteiger partial charge in [-0.25, -0.2) is 0 Å². The largest absolute Gasteiger partial charge is 0.371 e. The molecule has 1 fully saturated rings. The van der Waals surface area contributed by atoms with Crippen LogP contribution >= 0.6 is 0 Å². The van der Waals surface area contributed by atoms with Crippen molar-refractivity contribution in [3.05, 3.63) is 33.9 Å². The molecule has 0 aliphatic carbocycles. The van der Waals surface area contributed by atoms with E-state index >= 15 is 0 Å². The summed E-state index contributed by atoms with van der Waals surface area (Å²) in [7, 11) is 2.04. The van der Waals surface area contributed by atoms with Crippen LogP contribution in [0.3, 0.4) is 0 Å². The molecule has 1 heterocycles. The number of nitro benzene ring substituents is 1. The number of non-ortho nitro benzene ring substituents is 1. The first-order valence-electron chi connectivity index (χ1n) is 6.77. The fraction of sp³-hybridized carbons (Fsp3) is 0.571. The van der Waals surface area contributed by atoms with Crippen LogP contribution in [0.2, 0.25) is 0 Å². The van der Waals surface area contributed by atoms with Crippen molar-refractivity contribution in [3.63, 3.8) is 0 Å². The lowest BCUT2D eigenvalue weighted by Crippen LogP contribution is -2.32. The van der Waals surface area contributed by atoms with Gasteiger partial charge >= 0.3 is 0 Å². The van der Waals surface area contributed by atoms with Gasteiger partial charge in [0, 0.05) is 30.9 Å². The highest BCUT2D eigenvalue weighted by Crippen LogP contribution is 2.26. The maximum Gasteiger partial charge on any atom is 0.271 e. The molecule has 1 saturated heterocycles. The fourth-order valence-corrected chi connectivity index (χ4v) is 2.65. The van der Waals surface area contributed by atoms with E-state index in [0.717, 1.165) is 43.6 Å². The van der Waals surface area contributed by atoms with Crippen molar-refractivity contribution < 1.29 is 4.92 Å². The van der Waals surface area contributed by atoms with Gasteiger partial charge in [-0.3, -0.25) is 10.1 Å². The van der Waals surface area contributed by atoms with E-state index in [1.165, 1.54) is 0 Å². The Hall–Kier alpha value is -1.62. The van der Waals surface area contributed by atoms with Crippen molar-refractivity contribution in [2.24, 2.45) is 0 Å². The van der Waals surface area contributed by atoms with Crippen molar-refractivity contribution in [2.75, 3.05) is 25.0 Å². The number of hydrogen-bond acceptors (Lipinski definition) is 4. The van der Waals surface area contributed by atoms with Crippen LogP contribution in [-0.2, 0) is 0 Å². The van der Waals surface area contributed by atoms with Crippen molar-refractivity contribution in [1.29, 1.82) is 0 Å². The van der Waals surface area contributed by atoms with Gasteiger partial charge in [0.05, 0.1) is 4.92 Å². The van der Waals surface area contributed by atoms with Gasteiger partial charge in [0.1, 0.15) is 0 Å². The van der Waals surface area contributed by atoms with Crippen molar-refractivity contribution in [2.45, 2.75) is 32.2 Å². The van der Waals surface area contributed by atoms with E-state index in [-0.39, 0.29) is 10.6 Å². The number of aryl methyl sites for hydroxylation is 1.